The molecule has 4 aromatic rings. The van der Waals surface area contributed by atoms with Gasteiger partial charge in [-0.3, -0.25) is 4.79 Å². The van der Waals surface area contributed by atoms with Crippen LogP contribution in [0.25, 0.3) is 16.6 Å². The van der Waals surface area contributed by atoms with Gasteiger partial charge in [-0.25, -0.2) is 9.97 Å². The smallest absolute Gasteiger partial charge is 0.256 e. The summed E-state index contributed by atoms with van der Waals surface area (Å²) in [6.45, 7) is 3.41. The highest BCUT2D eigenvalue weighted by Crippen LogP contribution is 2.50. The van der Waals surface area contributed by atoms with Crippen LogP contribution in [0.3, 0.4) is 0 Å². The third kappa shape index (κ3) is 3.28. The highest BCUT2D eigenvalue weighted by atomic mass is 16.2. The van der Waals surface area contributed by atoms with Gasteiger partial charge in [0.05, 0.1) is 35.2 Å². The minimum atomic E-state index is 0.0272. The number of likely N-dealkylation sites (tertiary alicyclic amines) is 1. The van der Waals surface area contributed by atoms with Gasteiger partial charge in [-0.15, -0.1) is 0 Å². The molecule has 2 aliphatic rings. The normalized spacial score (nSPS) is 21.5. The molecule has 2 fully saturated rings. The van der Waals surface area contributed by atoms with Crippen LogP contribution in [0.4, 0.5) is 5.95 Å². The Labute approximate surface area is 185 Å². The minimum absolute atomic E-state index is 0.0272. The van der Waals surface area contributed by atoms with Gasteiger partial charge in [-0.1, -0.05) is 29.8 Å². The minimum Gasteiger partial charge on any atom is -0.352 e. The van der Waals surface area contributed by atoms with Gasteiger partial charge in [0.15, 0.2) is 0 Å². The van der Waals surface area contributed by atoms with Crippen molar-refractivity contribution in [2.24, 2.45) is 11.8 Å². The van der Waals surface area contributed by atoms with Crippen molar-refractivity contribution in [1.29, 1.82) is 0 Å². The van der Waals surface area contributed by atoms with Gasteiger partial charge in [-0.2, -0.15) is 15.0 Å². The predicted octanol–water partition coefficient (Wildman–Crippen LogP) is 3.09. The zero-order valence-corrected chi connectivity index (χ0v) is 17.7. The average Bonchev–Trinajstić information content (AvgIpc) is 3.21. The van der Waals surface area contributed by atoms with E-state index in [0.717, 1.165) is 23.0 Å². The zero-order valence-electron chi connectivity index (χ0n) is 17.7. The molecule has 0 unspecified atom stereocenters. The van der Waals surface area contributed by atoms with E-state index in [1.807, 2.05) is 60.5 Å². The van der Waals surface area contributed by atoms with E-state index in [1.165, 1.54) is 11.2 Å². The van der Waals surface area contributed by atoms with Crippen molar-refractivity contribution >= 4 is 22.8 Å². The Morgan fingerprint density at radius 3 is 2.88 bits per heavy atom. The predicted molar refractivity (Wildman–Crippen MR) is 121 cm³/mol. The van der Waals surface area contributed by atoms with E-state index in [-0.39, 0.29) is 11.9 Å². The molecule has 8 nitrogen and oxygen atoms in total. The van der Waals surface area contributed by atoms with Crippen LogP contribution in [-0.2, 0) is 0 Å². The van der Waals surface area contributed by atoms with Gasteiger partial charge in [0.1, 0.15) is 0 Å². The molecule has 0 spiro atoms. The standard InChI is InChI=1S/C24H23N7O/c1-15-6-7-21(31-27-8-9-28-31)19(10-15)23(32)30-14-17-11-18(17)22(30)13-26-24-25-12-16-4-2-3-5-20(16)29-24/h2-10,12,17-18,22H,11,13-14H2,1H3,(H,25,26,29)/t17-,18-,22-/m1/s1. The highest BCUT2D eigenvalue weighted by Gasteiger charge is 2.54. The molecule has 0 radical (unpaired) electrons. The Bertz CT molecular complexity index is 1300. The quantitative estimate of drug-likeness (QED) is 0.529. The maximum Gasteiger partial charge on any atom is 0.256 e. The molecule has 2 aromatic carbocycles. The molecule has 3 atom stereocenters. The number of fused-ring (bicyclic) bond motifs is 2. The van der Waals surface area contributed by atoms with Crippen molar-refractivity contribution in [3.8, 4) is 5.69 Å². The van der Waals surface area contributed by atoms with Gasteiger partial charge in [-0.05, 0) is 43.4 Å². The van der Waals surface area contributed by atoms with Gasteiger partial charge >= 0.3 is 0 Å². The molecule has 3 heterocycles. The van der Waals surface area contributed by atoms with E-state index in [4.69, 9.17) is 0 Å². The summed E-state index contributed by atoms with van der Waals surface area (Å²) in [4.78, 5) is 26.3. The van der Waals surface area contributed by atoms with E-state index >= 15 is 0 Å². The van der Waals surface area contributed by atoms with Gasteiger partial charge in [0, 0.05) is 24.7 Å². The number of para-hydroxylation sites is 1. The molecule has 6 rings (SSSR count). The summed E-state index contributed by atoms with van der Waals surface area (Å²) in [5.74, 6) is 1.74. The average molecular weight is 425 g/mol. The summed E-state index contributed by atoms with van der Waals surface area (Å²) < 4.78 is 0. The summed E-state index contributed by atoms with van der Waals surface area (Å²) in [6, 6.07) is 13.9. The number of nitrogens with one attached hydrogen (secondary N) is 1. The van der Waals surface area contributed by atoms with E-state index in [1.54, 1.807) is 12.4 Å². The zero-order chi connectivity index (χ0) is 21.7. The first-order valence-corrected chi connectivity index (χ1v) is 10.9. The van der Waals surface area contributed by atoms with Crippen LogP contribution in [-0.4, -0.2) is 54.9 Å². The van der Waals surface area contributed by atoms with Crippen LogP contribution in [0.15, 0.2) is 61.1 Å². The molecule has 8 heteroatoms. The summed E-state index contributed by atoms with van der Waals surface area (Å²) in [6.07, 6.45) is 6.25. The molecular formula is C24H23N7O. The lowest BCUT2D eigenvalue weighted by molar-refractivity contribution is 0.0715. The molecule has 1 saturated carbocycles. The Morgan fingerprint density at radius 1 is 1.16 bits per heavy atom. The first-order valence-electron chi connectivity index (χ1n) is 10.9. The fourth-order valence-corrected chi connectivity index (χ4v) is 4.81. The SMILES string of the molecule is Cc1ccc(-n2nccn2)c(C(=O)N2C[C@H]3C[C@H]3[C@H]2CNc2ncc3ccccc3n2)c1. The van der Waals surface area contributed by atoms with Crippen LogP contribution in [0, 0.1) is 18.8 Å². The summed E-state index contributed by atoms with van der Waals surface area (Å²) in [5.41, 5.74) is 3.28. The van der Waals surface area contributed by atoms with Crippen molar-refractivity contribution in [3.05, 3.63) is 72.2 Å². The molecule has 1 amide bonds. The number of nitrogens with zero attached hydrogens (tertiary/aromatic N) is 6. The Morgan fingerprint density at radius 2 is 2.00 bits per heavy atom. The molecular weight excluding hydrogens is 402 g/mol. The summed E-state index contributed by atoms with van der Waals surface area (Å²) in [7, 11) is 0. The molecule has 1 aliphatic heterocycles. The van der Waals surface area contributed by atoms with Crippen molar-refractivity contribution in [1.82, 2.24) is 29.9 Å². The number of benzene rings is 2. The highest BCUT2D eigenvalue weighted by molar-refractivity contribution is 5.98. The fraction of sp³-hybridized carbons (Fsp3) is 0.292. The molecule has 32 heavy (non-hydrogen) atoms. The number of rotatable bonds is 5. The van der Waals surface area contributed by atoms with Crippen molar-refractivity contribution in [3.63, 3.8) is 0 Å². The Balaban J connectivity index is 1.25. The van der Waals surface area contributed by atoms with Crippen LogP contribution in [0.2, 0.25) is 0 Å². The molecule has 1 saturated heterocycles. The van der Waals surface area contributed by atoms with Gasteiger partial charge < -0.3 is 10.2 Å². The first-order chi connectivity index (χ1) is 15.7. The number of carbonyl (C=O) groups is 1. The second-order valence-corrected chi connectivity index (χ2v) is 8.66. The number of carbonyl (C=O) groups excluding carboxylic acids is 1. The number of aromatic nitrogens is 5. The third-order valence-corrected chi connectivity index (χ3v) is 6.54. The molecule has 1 aliphatic carbocycles. The molecule has 2 aromatic heterocycles. The Hall–Kier alpha value is -3.81. The maximum absolute atomic E-state index is 13.7. The number of anilines is 1. The van der Waals surface area contributed by atoms with Gasteiger partial charge in [0.2, 0.25) is 5.95 Å². The number of hydrogen-bond acceptors (Lipinski definition) is 6. The van der Waals surface area contributed by atoms with Crippen LogP contribution < -0.4 is 5.32 Å². The summed E-state index contributed by atoms with van der Waals surface area (Å²) >= 11 is 0. The molecule has 1 N–H and O–H groups in total. The lowest BCUT2D eigenvalue weighted by Crippen LogP contribution is -2.43. The van der Waals surface area contributed by atoms with E-state index in [9.17, 15) is 4.79 Å². The van der Waals surface area contributed by atoms with Crippen molar-refractivity contribution < 1.29 is 4.79 Å². The van der Waals surface area contributed by atoms with Crippen molar-refractivity contribution in [2.75, 3.05) is 18.4 Å². The second kappa shape index (κ2) is 7.40. The number of amides is 1. The lowest BCUT2D eigenvalue weighted by atomic mass is 10.1. The fourth-order valence-electron chi connectivity index (χ4n) is 4.81. The maximum atomic E-state index is 13.7. The lowest BCUT2D eigenvalue weighted by Gasteiger charge is -2.28. The van der Waals surface area contributed by atoms with Crippen LogP contribution in [0.5, 0.6) is 0 Å². The van der Waals surface area contributed by atoms with Crippen LogP contribution in [0.1, 0.15) is 22.3 Å². The summed E-state index contributed by atoms with van der Waals surface area (Å²) in [5, 5.41) is 12.9. The monoisotopic (exact) mass is 425 g/mol. The Kier molecular flexibility index (Phi) is 4.38. The largest absolute Gasteiger partial charge is 0.352 e. The van der Waals surface area contributed by atoms with E-state index in [0.29, 0.717) is 35.6 Å². The first kappa shape index (κ1) is 18.9. The van der Waals surface area contributed by atoms with E-state index in [2.05, 4.69) is 25.5 Å². The van der Waals surface area contributed by atoms with Crippen LogP contribution >= 0.6 is 0 Å². The number of piperidine rings is 1. The topological polar surface area (TPSA) is 88.8 Å². The molecule has 160 valence electrons. The van der Waals surface area contributed by atoms with Gasteiger partial charge in [0.25, 0.3) is 5.91 Å². The molecule has 0 bridgehead atoms. The third-order valence-electron chi connectivity index (χ3n) is 6.54. The number of hydrogen-bond donors (Lipinski definition) is 1. The van der Waals surface area contributed by atoms with E-state index < -0.39 is 0 Å². The second-order valence-electron chi connectivity index (χ2n) is 8.66. The van der Waals surface area contributed by atoms with Crippen molar-refractivity contribution in [2.45, 2.75) is 19.4 Å². The number of aryl methyl sites for hydroxylation is 1.